The summed E-state index contributed by atoms with van der Waals surface area (Å²) in [4.78, 5) is 0. The Morgan fingerprint density at radius 1 is 1.43 bits per heavy atom. The van der Waals surface area contributed by atoms with Crippen LogP contribution in [0.1, 0.15) is 18.1 Å². The van der Waals surface area contributed by atoms with Crippen LogP contribution in [-0.2, 0) is 6.61 Å². The lowest BCUT2D eigenvalue weighted by atomic mass is 10.1. The van der Waals surface area contributed by atoms with Gasteiger partial charge in [0.2, 0.25) is 0 Å². The van der Waals surface area contributed by atoms with Gasteiger partial charge in [-0.25, -0.2) is 0 Å². The summed E-state index contributed by atoms with van der Waals surface area (Å²) in [7, 11) is 0. The molecule has 76 valence electrons. The second kappa shape index (κ2) is 5.45. The molecule has 0 spiro atoms. The topological polar surface area (TPSA) is 29.5 Å². The van der Waals surface area contributed by atoms with E-state index < -0.39 is 0 Å². The van der Waals surface area contributed by atoms with Crippen molar-refractivity contribution in [2.45, 2.75) is 20.5 Å². The Bertz CT molecular complexity index is 316. The van der Waals surface area contributed by atoms with E-state index in [4.69, 9.17) is 9.84 Å². The first-order chi connectivity index (χ1) is 6.77. The summed E-state index contributed by atoms with van der Waals surface area (Å²) in [5, 5.41) is 9.10. The third-order valence-electron chi connectivity index (χ3n) is 1.96. The molecule has 0 aliphatic carbocycles. The summed E-state index contributed by atoms with van der Waals surface area (Å²) in [5.41, 5.74) is 1.97. The van der Waals surface area contributed by atoms with Gasteiger partial charge >= 0.3 is 0 Å². The second-order valence-electron chi connectivity index (χ2n) is 3.15. The van der Waals surface area contributed by atoms with Crippen LogP contribution < -0.4 is 4.74 Å². The fourth-order valence-electron chi connectivity index (χ4n) is 1.21. The average molecular weight is 192 g/mol. The van der Waals surface area contributed by atoms with Crippen molar-refractivity contribution in [3.8, 4) is 5.75 Å². The molecule has 2 heteroatoms. The van der Waals surface area contributed by atoms with Gasteiger partial charge in [0, 0.05) is 5.56 Å². The molecule has 1 rings (SSSR count). The second-order valence-corrected chi connectivity index (χ2v) is 3.15. The fourth-order valence-corrected chi connectivity index (χ4v) is 1.21. The van der Waals surface area contributed by atoms with Crippen molar-refractivity contribution >= 4 is 0 Å². The molecule has 14 heavy (non-hydrogen) atoms. The van der Waals surface area contributed by atoms with Crippen molar-refractivity contribution in [3.05, 3.63) is 41.5 Å². The molecule has 1 N–H and O–H groups in total. The van der Waals surface area contributed by atoms with Gasteiger partial charge in [0.1, 0.15) is 12.4 Å². The standard InChI is InChI=1S/C12H16O2/c1-3-4-7-14-12-6-5-10(2)8-11(12)9-13/h3-6,8,13H,7,9H2,1-2H3. The maximum absolute atomic E-state index is 9.10. The van der Waals surface area contributed by atoms with Gasteiger partial charge in [-0.15, -0.1) is 0 Å². The molecule has 0 aliphatic heterocycles. The number of allylic oxidation sites excluding steroid dienone is 1. The van der Waals surface area contributed by atoms with Crippen LogP contribution in [0.15, 0.2) is 30.4 Å². The zero-order valence-corrected chi connectivity index (χ0v) is 8.66. The highest BCUT2D eigenvalue weighted by Crippen LogP contribution is 2.19. The molecule has 0 unspecified atom stereocenters. The molecule has 0 radical (unpaired) electrons. The lowest BCUT2D eigenvalue weighted by Gasteiger charge is -2.08. The van der Waals surface area contributed by atoms with Gasteiger partial charge in [0.05, 0.1) is 6.61 Å². The van der Waals surface area contributed by atoms with Crippen LogP contribution >= 0.6 is 0 Å². The van der Waals surface area contributed by atoms with Gasteiger partial charge in [-0.3, -0.25) is 0 Å². The molecular weight excluding hydrogens is 176 g/mol. The van der Waals surface area contributed by atoms with Crippen LogP contribution in [0.5, 0.6) is 5.75 Å². The Balaban J connectivity index is 2.74. The molecule has 1 aromatic rings. The van der Waals surface area contributed by atoms with E-state index in [1.54, 1.807) is 0 Å². The maximum atomic E-state index is 9.10. The Morgan fingerprint density at radius 3 is 2.86 bits per heavy atom. The van der Waals surface area contributed by atoms with Gasteiger partial charge in [-0.2, -0.15) is 0 Å². The minimum absolute atomic E-state index is 0.0207. The van der Waals surface area contributed by atoms with E-state index >= 15 is 0 Å². The molecular formula is C12H16O2. The monoisotopic (exact) mass is 192 g/mol. The minimum atomic E-state index is 0.0207. The van der Waals surface area contributed by atoms with Crippen molar-refractivity contribution in [2.75, 3.05) is 6.61 Å². The smallest absolute Gasteiger partial charge is 0.125 e. The summed E-state index contributed by atoms with van der Waals surface area (Å²) < 4.78 is 5.48. The van der Waals surface area contributed by atoms with Gasteiger partial charge in [0.25, 0.3) is 0 Å². The van der Waals surface area contributed by atoms with Crippen molar-refractivity contribution in [1.82, 2.24) is 0 Å². The van der Waals surface area contributed by atoms with E-state index in [9.17, 15) is 0 Å². The van der Waals surface area contributed by atoms with Crippen LogP contribution in [0.4, 0.5) is 0 Å². The number of ether oxygens (including phenoxy) is 1. The third kappa shape index (κ3) is 2.89. The Labute approximate surface area is 84.8 Å². The van der Waals surface area contributed by atoms with E-state index in [0.717, 1.165) is 16.9 Å². The maximum Gasteiger partial charge on any atom is 0.125 e. The normalized spacial score (nSPS) is 10.8. The molecule has 0 saturated heterocycles. The minimum Gasteiger partial charge on any atom is -0.489 e. The van der Waals surface area contributed by atoms with Crippen molar-refractivity contribution < 1.29 is 9.84 Å². The Morgan fingerprint density at radius 2 is 2.21 bits per heavy atom. The highest BCUT2D eigenvalue weighted by atomic mass is 16.5. The molecule has 0 bridgehead atoms. The molecule has 2 nitrogen and oxygen atoms in total. The van der Waals surface area contributed by atoms with Gasteiger partial charge in [0.15, 0.2) is 0 Å². The van der Waals surface area contributed by atoms with E-state index in [1.807, 2.05) is 44.2 Å². The lowest BCUT2D eigenvalue weighted by molar-refractivity contribution is 0.270. The number of benzene rings is 1. The van der Waals surface area contributed by atoms with Crippen LogP contribution in [0, 0.1) is 6.92 Å². The molecule has 1 aromatic carbocycles. The molecule has 0 fully saturated rings. The predicted octanol–water partition coefficient (Wildman–Crippen LogP) is 2.44. The van der Waals surface area contributed by atoms with Crippen molar-refractivity contribution in [1.29, 1.82) is 0 Å². The lowest BCUT2D eigenvalue weighted by Crippen LogP contribution is -1.98. The van der Waals surface area contributed by atoms with E-state index in [-0.39, 0.29) is 6.61 Å². The zero-order chi connectivity index (χ0) is 10.4. The van der Waals surface area contributed by atoms with Gasteiger partial charge in [-0.05, 0) is 19.9 Å². The summed E-state index contributed by atoms with van der Waals surface area (Å²) in [6.45, 7) is 4.51. The molecule has 0 aliphatic rings. The molecule has 0 amide bonds. The molecule has 0 heterocycles. The fraction of sp³-hybridized carbons (Fsp3) is 0.333. The first kappa shape index (κ1) is 10.8. The molecule has 0 aromatic heterocycles. The first-order valence-electron chi connectivity index (χ1n) is 4.72. The molecule has 0 saturated carbocycles. The number of hydrogen-bond donors (Lipinski definition) is 1. The average Bonchev–Trinajstić information content (AvgIpc) is 2.20. The summed E-state index contributed by atoms with van der Waals surface area (Å²) in [6, 6.07) is 5.81. The summed E-state index contributed by atoms with van der Waals surface area (Å²) in [6.07, 6.45) is 3.87. The van der Waals surface area contributed by atoms with Crippen LogP contribution in [0.25, 0.3) is 0 Å². The number of rotatable bonds is 4. The number of hydrogen-bond acceptors (Lipinski definition) is 2. The Kier molecular flexibility index (Phi) is 4.20. The van der Waals surface area contributed by atoms with Gasteiger partial charge in [-0.1, -0.05) is 29.8 Å². The van der Waals surface area contributed by atoms with Crippen molar-refractivity contribution in [2.24, 2.45) is 0 Å². The van der Waals surface area contributed by atoms with E-state index in [0.29, 0.717) is 6.61 Å². The number of aliphatic hydroxyl groups excluding tert-OH is 1. The van der Waals surface area contributed by atoms with Gasteiger partial charge < -0.3 is 9.84 Å². The van der Waals surface area contributed by atoms with Crippen LogP contribution in [0.3, 0.4) is 0 Å². The number of aryl methyl sites for hydroxylation is 1. The van der Waals surface area contributed by atoms with Crippen molar-refractivity contribution in [3.63, 3.8) is 0 Å². The highest BCUT2D eigenvalue weighted by molar-refractivity contribution is 5.36. The zero-order valence-electron chi connectivity index (χ0n) is 8.66. The summed E-state index contributed by atoms with van der Waals surface area (Å²) >= 11 is 0. The first-order valence-corrected chi connectivity index (χ1v) is 4.72. The van der Waals surface area contributed by atoms with Crippen LogP contribution in [0.2, 0.25) is 0 Å². The third-order valence-corrected chi connectivity index (χ3v) is 1.96. The number of aliphatic hydroxyl groups is 1. The predicted molar refractivity (Wildman–Crippen MR) is 57.4 cm³/mol. The SMILES string of the molecule is CC=CCOc1ccc(C)cc1CO. The van der Waals surface area contributed by atoms with E-state index in [2.05, 4.69) is 0 Å². The molecule has 0 atom stereocenters. The van der Waals surface area contributed by atoms with Crippen LogP contribution in [-0.4, -0.2) is 11.7 Å². The Hall–Kier alpha value is -1.28. The van der Waals surface area contributed by atoms with E-state index in [1.165, 1.54) is 0 Å². The largest absolute Gasteiger partial charge is 0.489 e. The summed E-state index contributed by atoms with van der Waals surface area (Å²) in [5.74, 6) is 0.760. The highest BCUT2D eigenvalue weighted by Gasteiger charge is 2.01. The quantitative estimate of drug-likeness (QED) is 0.742.